The molecule has 1 saturated heterocycles. The third-order valence-electron chi connectivity index (χ3n) is 18.6. The second-order valence-electron chi connectivity index (χ2n) is 26.3. The number of nitrogens with two attached hydrogens (primary N) is 1. The third kappa shape index (κ3) is 21.5. The highest BCUT2D eigenvalue weighted by Crippen LogP contribution is 2.45. The predicted octanol–water partition coefficient (Wildman–Crippen LogP) is 2.59. The van der Waals surface area contributed by atoms with Crippen molar-refractivity contribution in [2.45, 2.75) is 170 Å². The Morgan fingerprint density at radius 2 is 1.19 bits per heavy atom. The van der Waals surface area contributed by atoms with Gasteiger partial charge in [0.1, 0.15) is 48.0 Å². The van der Waals surface area contributed by atoms with E-state index in [0.29, 0.717) is 52.5 Å². The van der Waals surface area contributed by atoms with Crippen molar-refractivity contribution < 1.29 is 68.4 Å². The van der Waals surface area contributed by atoms with Crippen LogP contribution in [0.1, 0.15) is 106 Å². The molecule has 9 amide bonds. The minimum absolute atomic E-state index is 0.00564. The van der Waals surface area contributed by atoms with Gasteiger partial charge in [0.2, 0.25) is 53.2 Å². The number of hydrogen-bond acceptors (Lipinski definition) is 17. The van der Waals surface area contributed by atoms with Gasteiger partial charge in [-0.3, -0.25) is 48.1 Å². The highest BCUT2D eigenvalue weighted by atomic mass is 79.9. The number of aromatic nitrogens is 2. The number of thiol groups is 2. The average molecular weight is 1510 g/mol. The van der Waals surface area contributed by atoms with Crippen molar-refractivity contribution in [1.82, 2.24) is 62.7 Å². The number of piperidine rings is 1. The Labute approximate surface area is 610 Å². The van der Waals surface area contributed by atoms with E-state index in [9.17, 15) is 63.6 Å². The summed E-state index contributed by atoms with van der Waals surface area (Å²) in [5.41, 5.74) is 12.0. The number of aliphatic hydroxyl groups excluding tert-OH is 2. The van der Waals surface area contributed by atoms with E-state index in [1.165, 1.54) is 41.6 Å². The van der Waals surface area contributed by atoms with Crippen molar-refractivity contribution in [2.24, 2.45) is 11.7 Å². The second kappa shape index (κ2) is 38.1. The van der Waals surface area contributed by atoms with Gasteiger partial charge in [-0.15, -0.1) is 0 Å². The van der Waals surface area contributed by atoms with Crippen molar-refractivity contribution in [3.63, 3.8) is 0 Å². The average Bonchev–Trinajstić information content (AvgIpc) is 1.47. The maximum Gasteiger partial charge on any atom is 0.328 e. The molecule has 4 aromatic carbocycles. The fourth-order valence-electron chi connectivity index (χ4n) is 13.3. The Morgan fingerprint density at radius 3 is 1.84 bits per heavy atom. The number of carbonyl (C=O) groups excluding carboxylic acids is 9. The number of aromatic hydroxyl groups is 1. The van der Waals surface area contributed by atoms with Gasteiger partial charge < -0.3 is 84.0 Å². The lowest BCUT2D eigenvalue weighted by molar-refractivity contribution is -0.145. The van der Waals surface area contributed by atoms with Gasteiger partial charge >= 0.3 is 5.97 Å². The first kappa shape index (κ1) is 79.2. The molecule has 0 radical (unpaired) electrons. The molecule has 6 aromatic rings. The standard InChI is InChI=1S/C72H94BrN13O14S2/c1-4-26-86-36-43(27-48-47-17-12-20-51-62(47)45(35-76-51)32-58(48)86)33-77-60(90)21-13-22-61(91)78-53(29-41-14-6-5-7-15-41)66(93)82-56(37-101)69(96)80-54(30-42-23-24-59(89)49(73)28-42)67(94)81-55(31-44-34-75-50-18-9-8-16-46(44)50)68(95)79-52(19-10-11-25-74)65(92)84-63(39(2)87)71(98)83-57(38-102)70(97)85-64(40(3)88)72(99)100/h5-9,12,14-18,20,23-24,28,34-35,39-40,43,48,52-58,63-64,75-76,87-89,101-102H,4,10-11,13,19,21-22,25-27,29-33,36-38,74H2,1-3H3,(H,77,90)(H,78,91)(H,79,95)(H,80,96)(H,81,94)(H,82,93)(H,83,98)(H,84,92)(H,85,97)(H,99,100)/t39-,40-,43+,48?,52+,53-,54+,55-,56+,57+,58?,63+,64+/m1/s1. The number of phenols is 1. The van der Waals surface area contributed by atoms with Gasteiger partial charge in [0.25, 0.3) is 0 Å². The molecule has 0 spiro atoms. The maximum absolute atomic E-state index is 15.1. The molecular formula is C72H94BrN13O14S2. The number of nitrogens with one attached hydrogen (secondary N) is 11. The number of rotatable bonds is 38. The number of carboxylic acids is 1. The Bertz CT molecular complexity index is 3920. The van der Waals surface area contributed by atoms with Crippen LogP contribution in [0.5, 0.6) is 5.75 Å². The van der Waals surface area contributed by atoms with Gasteiger partial charge in [0.05, 0.1) is 16.7 Å². The molecule has 3 heterocycles. The van der Waals surface area contributed by atoms with Crippen LogP contribution in [-0.4, -0.2) is 199 Å². The van der Waals surface area contributed by atoms with Crippen molar-refractivity contribution >= 4 is 122 Å². The van der Waals surface area contributed by atoms with Gasteiger partial charge in [-0.25, -0.2) is 4.79 Å². The van der Waals surface area contributed by atoms with Gasteiger partial charge in [0, 0.05) is 103 Å². The molecule has 1 aliphatic heterocycles. The first-order valence-electron chi connectivity index (χ1n) is 34.5. The maximum atomic E-state index is 15.1. The number of para-hydroxylation sites is 1. The molecule has 0 saturated carbocycles. The SMILES string of the molecule is CCCN1C[C@H](CNC(=O)CCCC(=O)N[C@H](Cc2ccccc2)C(=O)N[C@@H](CS)C(=O)N[C@@H](Cc2ccc(O)c(Br)c2)C(=O)N[C@H](Cc2c[nH]c3ccccc23)C(=O)N[C@@H](CCCCN)C(=O)N[C@H](C(=O)N[C@@H](CS)C(=O)N[C@H](C(=O)O)[C@@H](C)O)[C@@H](C)O)CC2c3cccc4[nH]cc(c34)CC21. The molecule has 30 heteroatoms. The van der Waals surface area contributed by atoms with E-state index in [-0.39, 0.29) is 91.5 Å². The number of unbranched alkanes of at least 4 members (excludes halogenated alkanes) is 1. The van der Waals surface area contributed by atoms with Crippen LogP contribution in [0.25, 0.3) is 21.8 Å². The van der Waals surface area contributed by atoms with E-state index < -0.39 is 114 Å². The molecule has 8 rings (SSSR count). The summed E-state index contributed by atoms with van der Waals surface area (Å²) in [5.74, 6) is -9.12. The zero-order chi connectivity index (χ0) is 73.7. The number of phenolic OH excluding ortho intramolecular Hbond substituents is 1. The van der Waals surface area contributed by atoms with Crippen LogP contribution in [0, 0.1) is 5.92 Å². The van der Waals surface area contributed by atoms with Crippen LogP contribution in [0.3, 0.4) is 0 Å². The lowest BCUT2D eigenvalue weighted by Gasteiger charge is -2.47. The minimum Gasteiger partial charge on any atom is -0.507 e. The van der Waals surface area contributed by atoms with E-state index in [1.54, 1.807) is 60.8 Å². The number of likely N-dealkylation sites (tertiary alicyclic amines) is 1. The number of aliphatic hydroxyl groups is 2. The number of aliphatic carboxylic acids is 1. The monoisotopic (exact) mass is 1510 g/mol. The minimum atomic E-state index is -1.78. The quantitative estimate of drug-likeness (QED) is 0.0196. The van der Waals surface area contributed by atoms with Crippen molar-refractivity contribution in [2.75, 3.05) is 37.7 Å². The second-order valence-corrected chi connectivity index (χ2v) is 27.9. The summed E-state index contributed by atoms with van der Waals surface area (Å²) in [4.78, 5) is 149. The number of nitrogens with zero attached hydrogens (tertiary/aromatic N) is 1. The Morgan fingerprint density at radius 1 is 0.618 bits per heavy atom. The Balaban J connectivity index is 0.953. The summed E-state index contributed by atoms with van der Waals surface area (Å²) in [6.45, 7) is 7.00. The zero-order valence-corrected chi connectivity index (χ0v) is 60.6. The lowest BCUT2D eigenvalue weighted by atomic mass is 9.72. The predicted molar refractivity (Wildman–Crippen MR) is 394 cm³/mol. The molecule has 2 aromatic heterocycles. The highest BCUT2D eigenvalue weighted by Gasteiger charge is 2.42. The highest BCUT2D eigenvalue weighted by molar-refractivity contribution is 9.10. The normalized spacial score (nSPS) is 17.9. The number of halogens is 1. The Kier molecular flexibility index (Phi) is 29.6. The molecule has 27 nitrogen and oxygen atoms in total. The smallest absolute Gasteiger partial charge is 0.328 e. The molecule has 1 fully saturated rings. The van der Waals surface area contributed by atoms with Crippen LogP contribution in [0.4, 0.5) is 0 Å². The molecule has 17 N–H and O–H groups in total. The van der Waals surface area contributed by atoms with Crippen LogP contribution < -0.4 is 53.6 Å². The first-order chi connectivity index (χ1) is 48.9. The van der Waals surface area contributed by atoms with E-state index in [0.717, 1.165) is 44.8 Å². The summed E-state index contributed by atoms with van der Waals surface area (Å²) in [5, 5.41) is 66.6. The van der Waals surface area contributed by atoms with Gasteiger partial charge in [-0.2, -0.15) is 25.3 Å². The summed E-state index contributed by atoms with van der Waals surface area (Å²) in [7, 11) is 0. The van der Waals surface area contributed by atoms with E-state index in [4.69, 9.17) is 5.73 Å². The molecule has 0 bridgehead atoms. The summed E-state index contributed by atoms with van der Waals surface area (Å²) >= 11 is 11.9. The number of carbonyl (C=O) groups is 10. The van der Waals surface area contributed by atoms with Gasteiger partial charge in [-0.05, 0) is 146 Å². The van der Waals surface area contributed by atoms with E-state index in [1.807, 2.05) is 0 Å². The van der Waals surface area contributed by atoms with Crippen molar-refractivity contribution in [3.05, 3.63) is 136 Å². The van der Waals surface area contributed by atoms with Gasteiger partial charge in [-0.1, -0.05) is 73.7 Å². The van der Waals surface area contributed by atoms with Crippen molar-refractivity contribution in [3.8, 4) is 5.75 Å². The largest absolute Gasteiger partial charge is 0.507 e. The molecular weight excluding hydrogens is 1410 g/mol. The fourth-order valence-corrected chi connectivity index (χ4v) is 14.3. The first-order valence-corrected chi connectivity index (χ1v) is 36.5. The molecule has 13 atom stereocenters. The number of fused-ring (bicyclic) bond motifs is 3. The number of hydrogen-bond donors (Lipinski definition) is 18. The number of aromatic amines is 2. The number of H-pyrrole nitrogens is 2. The zero-order valence-electron chi connectivity index (χ0n) is 57.2. The third-order valence-corrected chi connectivity index (χ3v) is 20.0. The van der Waals surface area contributed by atoms with Crippen LogP contribution in [0.2, 0.25) is 0 Å². The summed E-state index contributed by atoms with van der Waals surface area (Å²) in [6.07, 6.45) is 3.78. The summed E-state index contributed by atoms with van der Waals surface area (Å²) in [6, 6.07) is 15.0. The fraction of sp³-hybridized carbons (Fsp3) is 0.472. The number of carboxylic acid groups (broad SMARTS) is 1. The lowest BCUT2D eigenvalue weighted by Crippen LogP contribution is -2.62. The van der Waals surface area contributed by atoms with E-state index in [2.05, 4.69) is 135 Å². The number of amides is 9. The number of benzene rings is 4. The molecule has 102 heavy (non-hydrogen) atoms. The van der Waals surface area contributed by atoms with Crippen LogP contribution in [0.15, 0.2) is 108 Å². The topological polar surface area (TPSA) is 421 Å². The molecule has 550 valence electrons. The van der Waals surface area contributed by atoms with Crippen LogP contribution in [-0.2, 0) is 73.6 Å². The van der Waals surface area contributed by atoms with Gasteiger partial charge in [0.15, 0.2) is 6.04 Å². The summed E-state index contributed by atoms with van der Waals surface area (Å²) < 4.78 is 0.251. The molecule has 1 aliphatic carbocycles. The molecule has 2 aliphatic rings. The Hall–Kier alpha value is -8.52. The van der Waals surface area contributed by atoms with E-state index >= 15 is 4.79 Å². The van der Waals surface area contributed by atoms with Crippen molar-refractivity contribution in [1.29, 1.82) is 0 Å². The van der Waals surface area contributed by atoms with Crippen LogP contribution >= 0.6 is 41.2 Å². The molecule has 2 unspecified atom stereocenters.